The fourth-order valence-corrected chi connectivity index (χ4v) is 4.15. The molecule has 2 heterocycles. The summed E-state index contributed by atoms with van der Waals surface area (Å²) in [6.45, 7) is 7.00. The topological polar surface area (TPSA) is 74.9 Å². The van der Waals surface area contributed by atoms with Gasteiger partial charge >= 0.3 is 6.09 Å². The molecular formula is C21H29F3N4O3. The number of methoxy groups -OCH3 is 1. The van der Waals surface area contributed by atoms with Crippen LogP contribution in [0.5, 0.6) is 0 Å². The van der Waals surface area contributed by atoms with Crippen molar-refractivity contribution in [2.24, 2.45) is 0 Å². The number of rotatable bonds is 8. The third-order valence-corrected chi connectivity index (χ3v) is 6.00. The lowest BCUT2D eigenvalue weighted by Gasteiger charge is -2.41. The minimum absolute atomic E-state index is 0.191. The van der Waals surface area contributed by atoms with Gasteiger partial charge in [0.25, 0.3) is 0 Å². The van der Waals surface area contributed by atoms with Crippen LogP contribution >= 0.6 is 0 Å². The molecule has 2 aliphatic rings. The van der Waals surface area contributed by atoms with Crippen molar-refractivity contribution in [2.75, 3.05) is 26.7 Å². The lowest BCUT2D eigenvalue weighted by atomic mass is 9.88. The summed E-state index contributed by atoms with van der Waals surface area (Å²) >= 11 is 0. The Labute approximate surface area is 179 Å². The summed E-state index contributed by atoms with van der Waals surface area (Å²) in [5, 5.41) is 9.14. The number of ether oxygens (including phenoxy) is 2. The maximum Gasteiger partial charge on any atom is 0.407 e. The number of carbonyl (C=O) groups is 1. The first-order chi connectivity index (χ1) is 14.8. The molecule has 1 aromatic carbocycles. The van der Waals surface area contributed by atoms with Crippen LogP contribution in [-0.4, -0.2) is 61.6 Å². The standard InChI is InChI=1S/C21H29F3N4O3/c1-4-28(18-10-25-13(2)5-6-21(18)12-27-20(29)31-21)11-19(30-3)26-9-15-16(23)7-14(22)8-17(15)24/h4,7-8,13,18-19,25-26H,1,5-6,9-12H2,2-3H3,(H,27,29)/t13?,18?,19?,21-/m1/s1. The van der Waals surface area contributed by atoms with Crippen LogP contribution < -0.4 is 16.0 Å². The Morgan fingerprint density at radius 3 is 2.71 bits per heavy atom. The number of amides is 1. The maximum absolute atomic E-state index is 14.0. The summed E-state index contributed by atoms with van der Waals surface area (Å²) in [4.78, 5) is 13.8. The highest BCUT2D eigenvalue weighted by Gasteiger charge is 2.50. The van der Waals surface area contributed by atoms with Gasteiger partial charge in [-0.3, -0.25) is 5.32 Å². The smallest absolute Gasteiger partial charge is 0.407 e. The van der Waals surface area contributed by atoms with Crippen molar-refractivity contribution in [3.05, 3.63) is 47.9 Å². The van der Waals surface area contributed by atoms with E-state index < -0.39 is 35.4 Å². The first-order valence-electron chi connectivity index (χ1n) is 10.3. The monoisotopic (exact) mass is 442 g/mol. The molecule has 0 saturated carbocycles. The van der Waals surface area contributed by atoms with Gasteiger partial charge < -0.3 is 25.0 Å². The van der Waals surface area contributed by atoms with Crippen LogP contribution in [0.4, 0.5) is 18.0 Å². The molecule has 0 aromatic heterocycles. The Kier molecular flexibility index (Phi) is 7.45. The molecular weight excluding hydrogens is 413 g/mol. The van der Waals surface area contributed by atoms with Gasteiger partial charge in [0.1, 0.15) is 23.7 Å². The average molecular weight is 442 g/mol. The quantitative estimate of drug-likeness (QED) is 0.537. The van der Waals surface area contributed by atoms with Crippen molar-refractivity contribution in [3.63, 3.8) is 0 Å². The molecule has 3 rings (SSSR count). The van der Waals surface area contributed by atoms with E-state index in [1.165, 1.54) is 7.11 Å². The summed E-state index contributed by atoms with van der Waals surface area (Å²) in [5.74, 6) is -2.91. The Morgan fingerprint density at radius 1 is 1.42 bits per heavy atom. The molecule has 172 valence electrons. The first kappa shape index (κ1) is 23.4. The van der Waals surface area contributed by atoms with E-state index in [4.69, 9.17) is 9.47 Å². The molecule has 2 saturated heterocycles. The molecule has 0 aliphatic carbocycles. The molecule has 1 spiro atoms. The van der Waals surface area contributed by atoms with Crippen molar-refractivity contribution in [2.45, 2.75) is 50.2 Å². The van der Waals surface area contributed by atoms with Crippen molar-refractivity contribution in [3.8, 4) is 0 Å². The number of nitrogens with one attached hydrogen (secondary N) is 3. The Hall–Kier alpha value is -2.30. The van der Waals surface area contributed by atoms with Crippen molar-refractivity contribution < 1.29 is 27.4 Å². The number of hydrogen-bond acceptors (Lipinski definition) is 6. The number of benzene rings is 1. The molecule has 2 aliphatic heterocycles. The molecule has 10 heteroatoms. The second-order valence-electron chi connectivity index (χ2n) is 8.00. The Morgan fingerprint density at radius 2 is 2.13 bits per heavy atom. The molecule has 0 bridgehead atoms. The number of alkyl carbamates (subject to hydrolysis) is 1. The highest BCUT2D eigenvalue weighted by molar-refractivity contribution is 5.70. The fraction of sp³-hybridized carbons (Fsp3) is 0.571. The summed E-state index contributed by atoms with van der Waals surface area (Å²) in [7, 11) is 1.47. The van der Waals surface area contributed by atoms with Gasteiger partial charge in [0, 0.05) is 43.9 Å². The number of halogens is 3. The van der Waals surface area contributed by atoms with Crippen LogP contribution in [0.2, 0.25) is 0 Å². The minimum Gasteiger partial charge on any atom is -0.439 e. The highest BCUT2D eigenvalue weighted by Crippen LogP contribution is 2.32. The molecule has 3 N–H and O–H groups in total. The lowest BCUT2D eigenvalue weighted by Crippen LogP contribution is -2.58. The zero-order valence-electron chi connectivity index (χ0n) is 17.7. The molecule has 0 radical (unpaired) electrons. The number of hydrogen-bond donors (Lipinski definition) is 3. The summed E-state index contributed by atoms with van der Waals surface area (Å²) in [6.07, 6.45) is 2.08. The molecule has 1 aromatic rings. The number of nitrogens with zero attached hydrogens (tertiary/aromatic N) is 1. The van der Waals surface area contributed by atoms with Crippen LogP contribution in [0.15, 0.2) is 24.9 Å². The van der Waals surface area contributed by atoms with Gasteiger partial charge in [0.05, 0.1) is 19.1 Å². The summed E-state index contributed by atoms with van der Waals surface area (Å²) in [5.41, 5.74) is -1.000. The van der Waals surface area contributed by atoms with Gasteiger partial charge in [-0.2, -0.15) is 0 Å². The zero-order valence-corrected chi connectivity index (χ0v) is 17.7. The normalized spacial score (nSPS) is 26.8. The predicted octanol–water partition coefficient (Wildman–Crippen LogP) is 2.23. The second kappa shape index (κ2) is 9.88. The SMILES string of the molecule is C=CN(CC(NCc1c(F)cc(F)cc1F)OC)C1CNC(C)CC[C@@]12CNC(=O)O2. The van der Waals surface area contributed by atoms with Crippen molar-refractivity contribution in [1.29, 1.82) is 0 Å². The average Bonchev–Trinajstić information content (AvgIpc) is 3.02. The largest absolute Gasteiger partial charge is 0.439 e. The van der Waals surface area contributed by atoms with Crippen LogP contribution in [0.3, 0.4) is 0 Å². The molecule has 1 amide bonds. The third kappa shape index (κ3) is 5.31. The van der Waals surface area contributed by atoms with E-state index in [0.29, 0.717) is 31.6 Å². The van der Waals surface area contributed by atoms with Crippen LogP contribution in [0.25, 0.3) is 0 Å². The van der Waals surface area contributed by atoms with E-state index in [9.17, 15) is 18.0 Å². The fourth-order valence-electron chi connectivity index (χ4n) is 4.15. The first-order valence-corrected chi connectivity index (χ1v) is 10.3. The maximum atomic E-state index is 14.0. The lowest BCUT2D eigenvalue weighted by molar-refractivity contribution is -0.0309. The van der Waals surface area contributed by atoms with Crippen molar-refractivity contribution >= 4 is 6.09 Å². The van der Waals surface area contributed by atoms with E-state index in [2.05, 4.69) is 29.5 Å². The van der Waals surface area contributed by atoms with Crippen LogP contribution in [0.1, 0.15) is 25.3 Å². The van der Waals surface area contributed by atoms with Crippen LogP contribution in [0, 0.1) is 17.5 Å². The molecule has 31 heavy (non-hydrogen) atoms. The van der Waals surface area contributed by atoms with Crippen molar-refractivity contribution in [1.82, 2.24) is 20.9 Å². The van der Waals surface area contributed by atoms with Gasteiger partial charge in [-0.15, -0.1) is 0 Å². The Balaban J connectivity index is 1.73. The molecule has 3 unspecified atom stereocenters. The molecule has 2 fully saturated rings. The van der Waals surface area contributed by atoms with E-state index in [-0.39, 0.29) is 30.7 Å². The molecule has 4 atom stereocenters. The second-order valence-corrected chi connectivity index (χ2v) is 8.00. The minimum atomic E-state index is -0.972. The van der Waals surface area contributed by atoms with Gasteiger partial charge in [0.15, 0.2) is 5.60 Å². The Bertz CT molecular complexity index is 789. The zero-order chi connectivity index (χ0) is 22.6. The van der Waals surface area contributed by atoms with Gasteiger partial charge in [0.2, 0.25) is 0 Å². The number of carbonyl (C=O) groups excluding carboxylic acids is 1. The van der Waals surface area contributed by atoms with E-state index in [0.717, 1.165) is 6.42 Å². The van der Waals surface area contributed by atoms with Gasteiger partial charge in [-0.1, -0.05) is 6.58 Å². The third-order valence-electron chi connectivity index (χ3n) is 6.00. The predicted molar refractivity (Wildman–Crippen MR) is 109 cm³/mol. The summed E-state index contributed by atoms with van der Waals surface area (Å²) < 4.78 is 52.2. The highest BCUT2D eigenvalue weighted by atomic mass is 19.1. The van der Waals surface area contributed by atoms with Gasteiger partial charge in [-0.05, 0) is 26.0 Å². The van der Waals surface area contributed by atoms with E-state index >= 15 is 0 Å². The van der Waals surface area contributed by atoms with E-state index in [1.54, 1.807) is 6.20 Å². The van der Waals surface area contributed by atoms with Crippen LogP contribution in [-0.2, 0) is 16.0 Å². The van der Waals surface area contributed by atoms with E-state index in [1.807, 2.05) is 4.90 Å². The summed E-state index contributed by atoms with van der Waals surface area (Å²) in [6, 6.07) is 1.31. The molecule has 7 nitrogen and oxygen atoms in total. The van der Waals surface area contributed by atoms with Gasteiger partial charge in [-0.25, -0.2) is 18.0 Å².